The second-order valence-corrected chi connectivity index (χ2v) is 7.92. The lowest BCUT2D eigenvalue weighted by atomic mass is 9.90. The summed E-state index contributed by atoms with van der Waals surface area (Å²) in [6, 6.07) is 10.8. The van der Waals surface area contributed by atoms with Gasteiger partial charge in [0.05, 0.1) is 6.26 Å². The van der Waals surface area contributed by atoms with E-state index in [1.807, 2.05) is 29.2 Å². The summed E-state index contributed by atoms with van der Waals surface area (Å²) >= 11 is 0. The Morgan fingerprint density at radius 1 is 1.22 bits per heavy atom. The molecular formula is C21H25N3O3. The lowest BCUT2D eigenvalue weighted by molar-refractivity contribution is -0.136. The van der Waals surface area contributed by atoms with E-state index in [-0.39, 0.29) is 23.0 Å². The first-order chi connectivity index (χ1) is 13.0. The molecule has 2 aliphatic rings. The van der Waals surface area contributed by atoms with Crippen LogP contribution in [-0.2, 0) is 17.8 Å². The van der Waals surface area contributed by atoms with Crippen LogP contribution in [0.4, 0.5) is 0 Å². The van der Waals surface area contributed by atoms with Crippen LogP contribution in [0.15, 0.2) is 47.1 Å². The second-order valence-electron chi connectivity index (χ2n) is 7.92. The molecule has 2 N–H and O–H groups in total. The topological polar surface area (TPSA) is 79.8 Å². The predicted octanol–water partition coefficient (Wildman–Crippen LogP) is 2.04. The fraction of sp³-hybridized carbons (Fsp3) is 0.429. The average molecular weight is 367 g/mol. The fourth-order valence-corrected chi connectivity index (χ4v) is 4.09. The molecule has 1 aromatic heterocycles. The highest BCUT2D eigenvalue weighted by molar-refractivity contribution is 5.96. The molecule has 2 atom stereocenters. The number of carbonyl (C=O) groups excluding carboxylic acids is 2. The molecule has 0 aliphatic carbocycles. The van der Waals surface area contributed by atoms with Crippen molar-refractivity contribution in [2.75, 3.05) is 19.6 Å². The smallest absolute Gasteiger partial charge is 0.290 e. The fourth-order valence-electron chi connectivity index (χ4n) is 4.09. The van der Waals surface area contributed by atoms with E-state index in [0.29, 0.717) is 32.6 Å². The number of furan rings is 1. The normalized spacial score (nSPS) is 24.7. The second kappa shape index (κ2) is 6.85. The van der Waals surface area contributed by atoms with E-state index in [1.54, 1.807) is 17.0 Å². The van der Waals surface area contributed by atoms with Gasteiger partial charge in [0.15, 0.2) is 5.76 Å². The molecule has 0 saturated carbocycles. The Bertz CT molecular complexity index is 848. The lowest BCUT2D eigenvalue weighted by Gasteiger charge is -2.37. The molecule has 1 aromatic carbocycles. The number of likely N-dealkylation sites (tertiary alicyclic amines) is 1. The number of nitrogens with zero attached hydrogens (tertiary/aromatic N) is 2. The Hall–Kier alpha value is -2.60. The Morgan fingerprint density at radius 3 is 2.67 bits per heavy atom. The average Bonchev–Trinajstić information content (AvgIpc) is 3.36. The molecule has 27 heavy (non-hydrogen) atoms. The molecule has 0 spiro atoms. The molecule has 2 unspecified atom stereocenters. The van der Waals surface area contributed by atoms with Crippen molar-refractivity contribution < 1.29 is 14.0 Å². The van der Waals surface area contributed by atoms with Gasteiger partial charge in [0.25, 0.3) is 5.91 Å². The lowest BCUT2D eigenvalue weighted by Crippen LogP contribution is -2.53. The maximum atomic E-state index is 13.4. The van der Waals surface area contributed by atoms with E-state index in [9.17, 15) is 9.59 Å². The summed E-state index contributed by atoms with van der Waals surface area (Å²) in [6.45, 7) is 4.41. The Labute approximate surface area is 158 Å². The van der Waals surface area contributed by atoms with Crippen LogP contribution in [0, 0.1) is 5.41 Å². The zero-order valence-electron chi connectivity index (χ0n) is 15.6. The van der Waals surface area contributed by atoms with Gasteiger partial charge in [-0.25, -0.2) is 0 Å². The zero-order chi connectivity index (χ0) is 19.0. The van der Waals surface area contributed by atoms with Crippen LogP contribution in [-0.4, -0.2) is 47.3 Å². The molecule has 2 aromatic rings. The number of rotatable bonds is 3. The molecular weight excluding hydrogens is 342 g/mol. The predicted molar refractivity (Wildman–Crippen MR) is 101 cm³/mol. The summed E-state index contributed by atoms with van der Waals surface area (Å²) < 4.78 is 5.31. The van der Waals surface area contributed by atoms with E-state index in [2.05, 4.69) is 6.92 Å². The zero-order valence-corrected chi connectivity index (χ0v) is 15.6. The molecule has 6 heteroatoms. The summed E-state index contributed by atoms with van der Waals surface area (Å²) in [4.78, 5) is 29.9. The third-order valence-electron chi connectivity index (χ3n) is 5.89. The maximum absolute atomic E-state index is 13.4. The van der Waals surface area contributed by atoms with Crippen LogP contribution in [0.5, 0.6) is 0 Å². The first kappa shape index (κ1) is 17.8. The molecule has 4 rings (SSSR count). The minimum absolute atomic E-state index is 0.00147. The van der Waals surface area contributed by atoms with Crippen LogP contribution >= 0.6 is 0 Å². The van der Waals surface area contributed by atoms with E-state index < -0.39 is 6.04 Å². The minimum atomic E-state index is -0.516. The number of carbonyl (C=O) groups is 2. The number of amides is 2. The van der Waals surface area contributed by atoms with E-state index in [1.165, 1.54) is 6.26 Å². The first-order valence-corrected chi connectivity index (χ1v) is 9.41. The third kappa shape index (κ3) is 3.25. The quantitative estimate of drug-likeness (QED) is 0.900. The van der Waals surface area contributed by atoms with Gasteiger partial charge in [-0.1, -0.05) is 31.2 Å². The van der Waals surface area contributed by atoms with E-state index in [0.717, 1.165) is 17.5 Å². The maximum Gasteiger partial charge on any atom is 0.290 e. The summed E-state index contributed by atoms with van der Waals surface area (Å²) in [5.74, 6) is 0.0237. The molecule has 2 aliphatic heterocycles. The van der Waals surface area contributed by atoms with Crippen molar-refractivity contribution in [3.63, 3.8) is 0 Å². The monoisotopic (exact) mass is 367 g/mol. The molecule has 0 radical (unpaired) electrons. The van der Waals surface area contributed by atoms with Crippen LogP contribution in [0.1, 0.15) is 35.0 Å². The highest BCUT2D eigenvalue weighted by atomic mass is 16.3. The minimum Gasteiger partial charge on any atom is -0.459 e. The standard InChI is InChI=1S/C21H25N3O3/c1-21(13-22)8-9-23(14-21)19(25)17-11-15-5-2-3-6-16(15)12-24(17)20(26)18-7-4-10-27-18/h2-7,10,17H,8-9,11-14,22H2,1H3. The third-order valence-corrected chi connectivity index (χ3v) is 5.89. The van der Waals surface area contributed by atoms with Crippen molar-refractivity contribution in [1.29, 1.82) is 0 Å². The van der Waals surface area contributed by atoms with Crippen molar-refractivity contribution >= 4 is 11.8 Å². The molecule has 0 bridgehead atoms. The van der Waals surface area contributed by atoms with Gasteiger partial charge in [0.1, 0.15) is 6.04 Å². The van der Waals surface area contributed by atoms with Crippen LogP contribution in [0.2, 0.25) is 0 Å². The van der Waals surface area contributed by atoms with E-state index in [4.69, 9.17) is 10.2 Å². The number of nitrogens with two attached hydrogens (primary N) is 1. The summed E-state index contributed by atoms with van der Waals surface area (Å²) in [6.07, 6.45) is 2.90. The van der Waals surface area contributed by atoms with Gasteiger partial charge in [-0.15, -0.1) is 0 Å². The van der Waals surface area contributed by atoms with Crippen LogP contribution < -0.4 is 5.73 Å². The summed E-state index contributed by atoms with van der Waals surface area (Å²) in [5.41, 5.74) is 8.06. The van der Waals surface area contributed by atoms with Crippen molar-refractivity contribution in [1.82, 2.24) is 9.80 Å². The van der Waals surface area contributed by atoms with Gasteiger partial charge in [-0.2, -0.15) is 0 Å². The van der Waals surface area contributed by atoms with Gasteiger partial charge in [0, 0.05) is 26.1 Å². The van der Waals surface area contributed by atoms with Gasteiger partial charge >= 0.3 is 0 Å². The number of hydrogen-bond donors (Lipinski definition) is 1. The number of hydrogen-bond acceptors (Lipinski definition) is 4. The van der Waals surface area contributed by atoms with Gasteiger partial charge < -0.3 is 20.0 Å². The Morgan fingerprint density at radius 2 is 2.00 bits per heavy atom. The highest BCUT2D eigenvalue weighted by Crippen LogP contribution is 2.32. The largest absolute Gasteiger partial charge is 0.459 e. The summed E-state index contributed by atoms with van der Waals surface area (Å²) in [7, 11) is 0. The molecule has 142 valence electrons. The van der Waals surface area contributed by atoms with Gasteiger partial charge in [0.2, 0.25) is 5.91 Å². The van der Waals surface area contributed by atoms with Crippen molar-refractivity contribution in [2.45, 2.75) is 32.4 Å². The highest BCUT2D eigenvalue weighted by Gasteiger charge is 2.42. The van der Waals surface area contributed by atoms with Crippen molar-refractivity contribution in [3.05, 3.63) is 59.5 Å². The van der Waals surface area contributed by atoms with E-state index >= 15 is 0 Å². The SMILES string of the molecule is CC1(CN)CCN(C(=O)C2Cc3ccccc3CN2C(=O)c2ccco2)C1. The summed E-state index contributed by atoms with van der Waals surface area (Å²) in [5, 5.41) is 0. The Kier molecular flexibility index (Phi) is 4.52. The van der Waals surface area contributed by atoms with Gasteiger partial charge in [-0.3, -0.25) is 9.59 Å². The molecule has 3 heterocycles. The molecule has 1 fully saturated rings. The van der Waals surface area contributed by atoms with Crippen molar-refractivity contribution in [2.24, 2.45) is 11.1 Å². The first-order valence-electron chi connectivity index (χ1n) is 9.41. The molecule has 6 nitrogen and oxygen atoms in total. The van der Waals surface area contributed by atoms with Crippen molar-refractivity contribution in [3.8, 4) is 0 Å². The Balaban J connectivity index is 1.63. The van der Waals surface area contributed by atoms with Crippen LogP contribution in [0.25, 0.3) is 0 Å². The number of fused-ring (bicyclic) bond motifs is 1. The number of benzene rings is 1. The van der Waals surface area contributed by atoms with Crippen LogP contribution in [0.3, 0.4) is 0 Å². The molecule has 1 saturated heterocycles. The van der Waals surface area contributed by atoms with Gasteiger partial charge in [-0.05, 0) is 41.6 Å². The molecule has 2 amide bonds.